The van der Waals surface area contributed by atoms with Gasteiger partial charge in [-0.1, -0.05) is 97.1 Å². The van der Waals surface area contributed by atoms with Crippen LogP contribution in [-0.2, 0) is 4.74 Å². The van der Waals surface area contributed by atoms with Crippen molar-refractivity contribution in [2.24, 2.45) is 5.92 Å². The van der Waals surface area contributed by atoms with Crippen molar-refractivity contribution >= 4 is 22.9 Å². The van der Waals surface area contributed by atoms with Crippen LogP contribution in [0.25, 0.3) is 11.2 Å². The van der Waals surface area contributed by atoms with Crippen molar-refractivity contribution in [2.75, 3.05) is 36.2 Å². The topological polar surface area (TPSA) is 57.9 Å². The number of hydrogen-bond acceptors (Lipinski definition) is 6. The van der Waals surface area contributed by atoms with Gasteiger partial charge in [0, 0.05) is 43.0 Å². The van der Waals surface area contributed by atoms with E-state index in [-0.39, 0.29) is 0 Å². The van der Waals surface area contributed by atoms with Gasteiger partial charge in [-0.3, -0.25) is 5.01 Å². The maximum atomic E-state index is 5.65. The van der Waals surface area contributed by atoms with E-state index in [0.717, 1.165) is 61.3 Å². The predicted molar refractivity (Wildman–Crippen MR) is 171 cm³/mol. The first-order valence-corrected chi connectivity index (χ1v) is 15.7. The molecule has 7 heteroatoms. The fourth-order valence-corrected chi connectivity index (χ4v) is 5.24. The Morgan fingerprint density at radius 3 is 2.62 bits per heavy atom. The van der Waals surface area contributed by atoms with Crippen LogP contribution in [0, 0.1) is 5.92 Å². The van der Waals surface area contributed by atoms with Gasteiger partial charge >= 0.3 is 0 Å². The van der Waals surface area contributed by atoms with Gasteiger partial charge in [0.1, 0.15) is 5.82 Å². The summed E-state index contributed by atoms with van der Waals surface area (Å²) in [5.41, 5.74) is 6.57. The van der Waals surface area contributed by atoms with Crippen LogP contribution >= 0.6 is 0 Å². The summed E-state index contributed by atoms with van der Waals surface area (Å²) in [6, 6.07) is 4.59. The predicted octanol–water partition coefficient (Wildman–Crippen LogP) is 7.72. The normalized spacial score (nSPS) is 18.8. The monoisotopic (exact) mass is 548 g/mol. The molecular formula is C33H52N6O. The number of morpholine rings is 1. The minimum absolute atomic E-state index is 0.335. The first-order valence-electron chi connectivity index (χ1n) is 15.7. The van der Waals surface area contributed by atoms with Gasteiger partial charge in [-0.05, 0) is 31.8 Å². The Hall–Kier alpha value is -2.90. The third-order valence-electron chi connectivity index (χ3n) is 7.46. The van der Waals surface area contributed by atoms with E-state index < -0.39 is 0 Å². The van der Waals surface area contributed by atoms with E-state index in [4.69, 9.17) is 14.8 Å². The Kier molecular flexibility index (Phi) is 13.5. The van der Waals surface area contributed by atoms with E-state index in [1.54, 1.807) is 0 Å². The second-order valence-corrected chi connectivity index (χ2v) is 10.2. The largest absolute Gasteiger partial charge is 0.378 e. The summed E-state index contributed by atoms with van der Waals surface area (Å²) in [6.07, 6.45) is 23.7. The Morgan fingerprint density at radius 1 is 1.12 bits per heavy atom. The zero-order valence-corrected chi connectivity index (χ0v) is 25.8. The fourth-order valence-electron chi connectivity index (χ4n) is 5.24. The molecule has 2 atom stereocenters. The van der Waals surface area contributed by atoms with Crippen LogP contribution in [0.3, 0.4) is 0 Å². The lowest BCUT2D eigenvalue weighted by molar-refractivity contribution is 0.122. The first-order chi connectivity index (χ1) is 19.7. The number of fused-ring (bicyclic) bond motifs is 1. The number of hydrogen-bond donors (Lipinski definition) is 1. The maximum absolute atomic E-state index is 5.65. The number of aromatic nitrogens is 3. The van der Waals surface area contributed by atoms with Crippen LogP contribution in [0.4, 0.5) is 11.6 Å². The highest BCUT2D eigenvalue weighted by molar-refractivity contribution is 5.76. The highest BCUT2D eigenvalue weighted by Crippen LogP contribution is 2.29. The van der Waals surface area contributed by atoms with Crippen LogP contribution in [0.1, 0.15) is 92.2 Å². The van der Waals surface area contributed by atoms with Crippen LogP contribution in [0.2, 0.25) is 0 Å². The fraction of sp³-hybridized carbons (Fsp3) is 0.576. The summed E-state index contributed by atoms with van der Waals surface area (Å²) >= 11 is 0. The van der Waals surface area contributed by atoms with E-state index in [9.17, 15) is 0 Å². The summed E-state index contributed by atoms with van der Waals surface area (Å²) in [5.74, 6) is 2.57. The summed E-state index contributed by atoms with van der Waals surface area (Å²) in [6.45, 7) is 15.9. The molecule has 220 valence electrons. The van der Waals surface area contributed by atoms with Crippen molar-refractivity contribution in [3.8, 4) is 0 Å². The molecule has 0 aromatic carbocycles. The Labute approximate surface area is 242 Å². The molecule has 2 aromatic rings. The molecule has 0 amide bonds. The van der Waals surface area contributed by atoms with Crippen molar-refractivity contribution in [2.45, 2.75) is 92.5 Å². The standard InChI is InChI=1S/C31H46N6O.C2H6/c1-5-9-11-13-15-25(8-4)27-17-18-36(33-27)29-24-31(35-19-21-38-22-20-35)37-30(32-29)23-28(34-37)26(14-7-3)16-12-10-6-2;1-2/h7,10,12,14,16-18,23-25,27,33H,5-6,8-9,11,13,15,19-22H2,1-4H3;1-2H3/b12-10+,14-7-,26-16+;. The average molecular weight is 549 g/mol. The lowest BCUT2D eigenvalue weighted by Gasteiger charge is -2.30. The third kappa shape index (κ3) is 8.31. The highest BCUT2D eigenvalue weighted by atomic mass is 16.5. The van der Waals surface area contributed by atoms with E-state index in [0.29, 0.717) is 12.0 Å². The zero-order valence-electron chi connectivity index (χ0n) is 25.8. The highest BCUT2D eigenvalue weighted by Gasteiger charge is 2.26. The lowest BCUT2D eigenvalue weighted by atomic mass is 9.91. The number of nitrogens with one attached hydrogen (secondary N) is 1. The van der Waals surface area contributed by atoms with Crippen molar-refractivity contribution < 1.29 is 4.74 Å². The maximum Gasteiger partial charge on any atom is 0.160 e. The smallest absolute Gasteiger partial charge is 0.160 e. The Morgan fingerprint density at radius 2 is 1.93 bits per heavy atom. The zero-order chi connectivity index (χ0) is 28.7. The van der Waals surface area contributed by atoms with Crippen molar-refractivity contribution in [3.63, 3.8) is 0 Å². The Bertz CT molecular complexity index is 1140. The van der Waals surface area contributed by atoms with Crippen molar-refractivity contribution in [3.05, 3.63) is 60.5 Å². The molecule has 0 bridgehead atoms. The minimum Gasteiger partial charge on any atom is -0.378 e. The van der Waals surface area contributed by atoms with E-state index in [2.05, 4.69) is 90.9 Å². The van der Waals surface area contributed by atoms with Gasteiger partial charge in [0.25, 0.3) is 0 Å². The quantitative estimate of drug-likeness (QED) is 0.204. The van der Waals surface area contributed by atoms with Gasteiger partial charge in [-0.15, -0.1) is 0 Å². The van der Waals surface area contributed by atoms with Gasteiger partial charge in [0.05, 0.1) is 18.9 Å². The molecule has 1 saturated heterocycles. The molecule has 0 saturated carbocycles. The average Bonchev–Trinajstić information content (AvgIpc) is 3.66. The molecule has 2 aromatic heterocycles. The van der Waals surface area contributed by atoms with Crippen LogP contribution in [-0.4, -0.2) is 46.9 Å². The molecule has 4 heterocycles. The molecule has 2 aliphatic rings. The van der Waals surface area contributed by atoms with Crippen molar-refractivity contribution in [1.82, 2.24) is 20.0 Å². The van der Waals surface area contributed by atoms with Gasteiger partial charge in [-0.25, -0.2) is 10.4 Å². The SMILES string of the molecule is CC.C\C=C/C(=C\C=C\CC)c1cc2nc(N3C=CC(C(CC)CCCCCC)N3)cc(N3CCOCC3)n2n1. The number of anilines is 2. The number of hydrazine groups is 1. The van der Waals surface area contributed by atoms with Gasteiger partial charge in [-0.2, -0.15) is 9.61 Å². The summed E-state index contributed by atoms with van der Waals surface area (Å²) in [5, 5.41) is 7.12. The molecule has 0 radical (unpaired) electrons. The second kappa shape index (κ2) is 17.0. The second-order valence-electron chi connectivity index (χ2n) is 10.2. The molecule has 4 rings (SSSR count). The molecule has 2 unspecified atom stereocenters. The summed E-state index contributed by atoms with van der Waals surface area (Å²) in [4.78, 5) is 7.42. The number of allylic oxidation sites excluding steroid dienone is 6. The number of ether oxygens (including phenoxy) is 1. The number of nitrogens with zero attached hydrogens (tertiary/aromatic N) is 5. The minimum atomic E-state index is 0.335. The van der Waals surface area contributed by atoms with E-state index in [1.807, 2.05) is 25.3 Å². The van der Waals surface area contributed by atoms with Gasteiger partial charge < -0.3 is 9.64 Å². The number of rotatable bonds is 13. The van der Waals surface area contributed by atoms with Crippen LogP contribution < -0.4 is 15.3 Å². The molecule has 1 fully saturated rings. The molecular weight excluding hydrogens is 496 g/mol. The van der Waals surface area contributed by atoms with Gasteiger partial charge in [0.15, 0.2) is 11.5 Å². The third-order valence-corrected chi connectivity index (χ3v) is 7.46. The van der Waals surface area contributed by atoms with E-state index >= 15 is 0 Å². The van der Waals surface area contributed by atoms with E-state index in [1.165, 1.54) is 38.5 Å². The van der Waals surface area contributed by atoms with Gasteiger partial charge in [0.2, 0.25) is 0 Å². The Balaban J connectivity index is 0.00000216. The number of unbranched alkanes of at least 4 members (excludes halogenated alkanes) is 3. The molecule has 1 N–H and O–H groups in total. The first kappa shape index (κ1) is 31.6. The van der Waals surface area contributed by atoms with Crippen LogP contribution in [0.15, 0.2) is 54.8 Å². The molecule has 7 nitrogen and oxygen atoms in total. The summed E-state index contributed by atoms with van der Waals surface area (Å²) in [7, 11) is 0. The molecule has 0 spiro atoms. The molecule has 40 heavy (non-hydrogen) atoms. The summed E-state index contributed by atoms with van der Waals surface area (Å²) < 4.78 is 7.64. The molecule has 2 aliphatic heterocycles. The van der Waals surface area contributed by atoms with Crippen LogP contribution in [0.5, 0.6) is 0 Å². The lowest BCUT2D eigenvalue weighted by Crippen LogP contribution is -2.40. The molecule has 0 aliphatic carbocycles. The van der Waals surface area contributed by atoms with Crippen molar-refractivity contribution in [1.29, 1.82) is 0 Å².